The second-order valence-corrected chi connectivity index (χ2v) is 22.7. The molecule has 0 spiro atoms. The molecule has 79 heavy (non-hydrogen) atoms. The predicted molar refractivity (Wildman–Crippen MR) is 342 cm³/mol. The highest BCUT2D eigenvalue weighted by Gasteiger charge is 2.19. The van der Waals surface area contributed by atoms with Crippen molar-refractivity contribution in [3.05, 3.63) is 121 Å². The molecule has 0 unspecified atom stereocenters. The summed E-state index contributed by atoms with van der Waals surface area (Å²) in [6.45, 7) is 5.24. The summed E-state index contributed by atoms with van der Waals surface area (Å²) in [7, 11) is 0. The third kappa shape index (κ3) is 25.5. The van der Waals surface area contributed by atoms with Gasteiger partial charge in [-0.3, -0.25) is 0 Å². The number of hydrogen-bond acceptors (Lipinski definition) is 7. The molecule has 0 saturated carbocycles. The maximum Gasteiger partial charge on any atom is 0.127 e. The van der Waals surface area contributed by atoms with E-state index in [-0.39, 0.29) is 0 Å². The molecule has 0 aromatic heterocycles. The third-order valence-corrected chi connectivity index (χ3v) is 15.9. The van der Waals surface area contributed by atoms with Crippen molar-refractivity contribution in [2.45, 2.75) is 225 Å². The molecule has 0 bridgehead atoms. The van der Waals surface area contributed by atoms with Crippen LogP contribution in [0.4, 0.5) is 11.4 Å². The number of hydrogen-bond donors (Lipinski definition) is 1. The Hall–Kier alpha value is -5.01. The molecule has 7 heteroatoms. The van der Waals surface area contributed by atoms with Gasteiger partial charge in [-0.1, -0.05) is 254 Å². The number of fused-ring (bicyclic) bond motifs is 2. The lowest BCUT2D eigenvalue weighted by molar-refractivity contribution is 0.301. The van der Waals surface area contributed by atoms with Crippen LogP contribution < -0.4 is 18.9 Å². The second kappa shape index (κ2) is 41.1. The smallest absolute Gasteiger partial charge is 0.127 e. The van der Waals surface area contributed by atoms with E-state index in [0.717, 1.165) is 96.8 Å². The Balaban J connectivity index is 0.814. The summed E-state index contributed by atoms with van der Waals surface area (Å²) in [4.78, 5) is 0. The van der Waals surface area contributed by atoms with Crippen LogP contribution >= 0.6 is 12.6 Å². The van der Waals surface area contributed by atoms with Gasteiger partial charge in [0.15, 0.2) is 0 Å². The molecule has 0 amide bonds. The Morgan fingerprint density at radius 1 is 0.291 bits per heavy atom. The van der Waals surface area contributed by atoms with Crippen molar-refractivity contribution in [3.63, 3.8) is 0 Å². The first-order chi connectivity index (χ1) is 39.2. The number of rotatable bonds is 47. The van der Waals surface area contributed by atoms with Crippen molar-refractivity contribution in [3.8, 4) is 34.1 Å². The van der Waals surface area contributed by atoms with Gasteiger partial charge in [0.1, 0.15) is 23.0 Å². The Kier molecular flexibility index (Phi) is 32.8. The van der Waals surface area contributed by atoms with Crippen molar-refractivity contribution in [2.24, 2.45) is 10.2 Å². The molecular weight excluding hydrogens is 989 g/mol. The van der Waals surface area contributed by atoms with Gasteiger partial charge in [0, 0.05) is 11.1 Å². The normalized spacial score (nSPS) is 11.6. The van der Waals surface area contributed by atoms with E-state index in [1.54, 1.807) is 0 Å². The molecule has 0 aliphatic rings. The van der Waals surface area contributed by atoms with Crippen LogP contribution in [0.25, 0.3) is 32.7 Å². The minimum Gasteiger partial charge on any atom is -0.494 e. The van der Waals surface area contributed by atoms with Crippen LogP contribution in [0.2, 0.25) is 0 Å². The predicted octanol–water partition coefficient (Wildman–Crippen LogP) is 23.5. The highest BCUT2D eigenvalue weighted by atomic mass is 32.1. The summed E-state index contributed by atoms with van der Waals surface area (Å²) in [6, 6.07) is 42.1. The van der Waals surface area contributed by atoms with Crippen LogP contribution in [-0.2, 0) is 0 Å². The van der Waals surface area contributed by atoms with E-state index < -0.39 is 0 Å². The van der Waals surface area contributed by atoms with Crippen LogP contribution in [0.1, 0.15) is 225 Å². The Bertz CT molecular complexity index is 2510. The zero-order valence-electron chi connectivity index (χ0n) is 49.1. The van der Waals surface area contributed by atoms with Crippen molar-refractivity contribution in [1.82, 2.24) is 0 Å². The van der Waals surface area contributed by atoms with Gasteiger partial charge in [-0.15, -0.1) is 0 Å². The van der Waals surface area contributed by atoms with Gasteiger partial charge in [-0.25, -0.2) is 0 Å². The number of benzene rings is 6. The van der Waals surface area contributed by atoms with Gasteiger partial charge < -0.3 is 18.9 Å². The van der Waals surface area contributed by atoms with Crippen LogP contribution in [0.15, 0.2) is 132 Å². The zero-order chi connectivity index (χ0) is 54.9. The molecule has 6 nitrogen and oxygen atoms in total. The maximum absolute atomic E-state index is 6.74. The van der Waals surface area contributed by atoms with Gasteiger partial charge in [-0.2, -0.15) is 22.9 Å². The zero-order valence-corrected chi connectivity index (χ0v) is 50.0. The summed E-state index contributed by atoms with van der Waals surface area (Å²) in [5.41, 5.74) is 3.92. The molecule has 6 aromatic carbocycles. The quantitative estimate of drug-likeness (QED) is 0.0235. The van der Waals surface area contributed by atoms with Crippen molar-refractivity contribution >= 4 is 45.5 Å². The van der Waals surface area contributed by atoms with Crippen LogP contribution in [0.5, 0.6) is 23.0 Å². The molecule has 0 atom stereocenters. The first-order valence-electron chi connectivity index (χ1n) is 32.0. The van der Waals surface area contributed by atoms with Crippen LogP contribution in [0, 0.1) is 0 Å². The maximum atomic E-state index is 6.74. The Labute approximate surface area is 485 Å². The first kappa shape index (κ1) is 63.2. The number of unbranched alkanes of at least 4 members (excludes halogenated alkanes) is 31. The molecule has 0 fully saturated rings. The molecule has 0 N–H and O–H groups in total. The van der Waals surface area contributed by atoms with Crippen molar-refractivity contribution < 1.29 is 18.9 Å². The summed E-state index contributed by atoms with van der Waals surface area (Å²) in [5, 5.41) is 13.7. The van der Waals surface area contributed by atoms with Crippen LogP contribution in [0.3, 0.4) is 0 Å². The summed E-state index contributed by atoms with van der Waals surface area (Å²) in [5.74, 6) is 4.68. The summed E-state index contributed by atoms with van der Waals surface area (Å²) < 4.78 is 25.5. The van der Waals surface area contributed by atoms with Gasteiger partial charge in [0.05, 0.1) is 37.8 Å². The van der Waals surface area contributed by atoms with E-state index in [2.05, 4.69) is 103 Å². The van der Waals surface area contributed by atoms with E-state index >= 15 is 0 Å². The highest BCUT2D eigenvalue weighted by Crippen LogP contribution is 2.46. The topological polar surface area (TPSA) is 61.6 Å². The van der Waals surface area contributed by atoms with Crippen LogP contribution in [-0.4, -0.2) is 32.2 Å². The number of thiol groups is 1. The molecule has 0 radical (unpaired) electrons. The van der Waals surface area contributed by atoms with E-state index in [1.165, 1.54) is 214 Å². The van der Waals surface area contributed by atoms with E-state index in [9.17, 15) is 0 Å². The molecule has 0 aliphatic heterocycles. The highest BCUT2D eigenvalue weighted by molar-refractivity contribution is 7.80. The standard InChI is InChI=1S/C72H102N2O4S/c1-2-3-4-5-6-7-8-9-10-11-12-13-16-23-28-37-58-77-69-54-44-61-40-31-33-42-67(61)71(69)72-68-43-34-32-41-62(68)45-55-70(72)78-59-38-29-24-18-14-17-21-26-35-56-75-65-50-46-63(47-51-65)73-74-64-48-52-66(53-49-64)76-57-36-27-22-19-15-20-25-30-39-60-79/h31-34,40-55,79H,2-30,35-39,56-60H2,1H3. The fourth-order valence-electron chi connectivity index (χ4n) is 10.9. The lowest BCUT2D eigenvalue weighted by atomic mass is 9.92. The molecule has 6 aromatic rings. The molecule has 0 saturated heterocycles. The Morgan fingerprint density at radius 2 is 0.582 bits per heavy atom. The average Bonchev–Trinajstić information content (AvgIpc) is 3.62. The average molecular weight is 1090 g/mol. The molecule has 430 valence electrons. The lowest BCUT2D eigenvalue weighted by Crippen LogP contribution is -2.02. The molecular formula is C72H102N2O4S. The molecule has 0 aliphatic carbocycles. The van der Waals surface area contributed by atoms with E-state index in [4.69, 9.17) is 18.9 Å². The SMILES string of the molecule is CCCCCCCCCCCCCCCCCCOc1ccc2ccccc2c1-c1c(OCCCCCCCCCCCOc2ccc(N=Nc3ccc(OCCCCCCCCCCCS)cc3)cc2)ccc2ccccc12. The largest absolute Gasteiger partial charge is 0.494 e. The second-order valence-electron chi connectivity index (χ2n) is 22.3. The summed E-state index contributed by atoms with van der Waals surface area (Å²) in [6.07, 6.45) is 44.3. The van der Waals surface area contributed by atoms with E-state index in [1.807, 2.05) is 48.5 Å². The lowest BCUT2D eigenvalue weighted by Gasteiger charge is -2.20. The summed E-state index contributed by atoms with van der Waals surface area (Å²) >= 11 is 4.30. The monoisotopic (exact) mass is 1090 g/mol. The van der Waals surface area contributed by atoms with Gasteiger partial charge in [0.2, 0.25) is 0 Å². The van der Waals surface area contributed by atoms with Gasteiger partial charge >= 0.3 is 0 Å². The Morgan fingerprint density at radius 3 is 0.911 bits per heavy atom. The van der Waals surface area contributed by atoms with Gasteiger partial charge in [-0.05, 0) is 120 Å². The third-order valence-electron chi connectivity index (χ3n) is 15.6. The van der Waals surface area contributed by atoms with Crippen molar-refractivity contribution in [1.29, 1.82) is 0 Å². The van der Waals surface area contributed by atoms with E-state index in [0.29, 0.717) is 6.61 Å². The van der Waals surface area contributed by atoms with Crippen molar-refractivity contribution in [2.75, 3.05) is 32.2 Å². The fourth-order valence-corrected chi connectivity index (χ4v) is 11.1. The molecule has 6 rings (SSSR count). The van der Waals surface area contributed by atoms with Gasteiger partial charge in [0.25, 0.3) is 0 Å². The first-order valence-corrected chi connectivity index (χ1v) is 32.6. The molecule has 0 heterocycles. The minimum absolute atomic E-state index is 0.710. The minimum atomic E-state index is 0.710. The number of nitrogens with zero attached hydrogens (tertiary/aromatic N) is 2. The number of ether oxygens (including phenoxy) is 4. The fraction of sp³-hybridized carbons (Fsp3) is 0.556. The number of azo groups is 1.